The molecule has 0 saturated heterocycles. The Morgan fingerprint density at radius 2 is 2.10 bits per heavy atom. The number of carboxylic acids is 1. The van der Waals surface area contributed by atoms with Gasteiger partial charge in [-0.2, -0.15) is 0 Å². The summed E-state index contributed by atoms with van der Waals surface area (Å²) < 4.78 is 5.27. The quantitative estimate of drug-likeness (QED) is 0.779. The Kier molecular flexibility index (Phi) is 3.35. The molecule has 0 saturated carbocycles. The van der Waals surface area contributed by atoms with E-state index in [1.54, 1.807) is 0 Å². The smallest absolute Gasteiger partial charge is 0.338 e. The largest absolute Gasteiger partial charge is 0.478 e. The van der Waals surface area contributed by atoms with Crippen LogP contribution in [0, 0.1) is 13.8 Å². The zero-order valence-electron chi connectivity index (χ0n) is 11.6. The van der Waals surface area contributed by atoms with Crippen molar-refractivity contribution in [2.75, 3.05) is 0 Å². The SMILES string of the molecule is Cc1ccc(-c2nc(-c3cc(C(=O)O)co3)cs2)c(C)c1. The maximum Gasteiger partial charge on any atom is 0.338 e. The van der Waals surface area contributed by atoms with E-state index in [1.807, 2.05) is 5.38 Å². The summed E-state index contributed by atoms with van der Waals surface area (Å²) in [7, 11) is 0. The topological polar surface area (TPSA) is 63.3 Å². The molecule has 106 valence electrons. The third kappa shape index (κ3) is 2.60. The average molecular weight is 299 g/mol. The lowest BCUT2D eigenvalue weighted by atomic mass is 10.1. The fraction of sp³-hybridized carbons (Fsp3) is 0.125. The number of aromatic nitrogens is 1. The number of nitrogens with zero attached hydrogens (tertiary/aromatic N) is 1. The predicted octanol–water partition coefficient (Wildman–Crippen LogP) is 4.39. The van der Waals surface area contributed by atoms with Gasteiger partial charge < -0.3 is 9.52 Å². The highest BCUT2D eigenvalue weighted by Gasteiger charge is 2.14. The van der Waals surface area contributed by atoms with Crippen molar-refractivity contribution >= 4 is 17.3 Å². The number of aryl methyl sites for hydroxylation is 2. The van der Waals surface area contributed by atoms with E-state index in [0.29, 0.717) is 11.5 Å². The molecule has 0 aliphatic rings. The van der Waals surface area contributed by atoms with E-state index in [2.05, 4.69) is 37.0 Å². The molecular formula is C16H13NO3S. The maximum absolute atomic E-state index is 10.9. The van der Waals surface area contributed by atoms with Crippen LogP contribution in [0.3, 0.4) is 0 Å². The van der Waals surface area contributed by atoms with E-state index in [0.717, 1.165) is 10.6 Å². The van der Waals surface area contributed by atoms with E-state index in [-0.39, 0.29) is 5.56 Å². The Hall–Kier alpha value is -2.40. The van der Waals surface area contributed by atoms with Gasteiger partial charge in [-0.3, -0.25) is 0 Å². The van der Waals surface area contributed by atoms with Crippen molar-refractivity contribution in [3.63, 3.8) is 0 Å². The molecule has 0 aliphatic carbocycles. The zero-order chi connectivity index (χ0) is 15.0. The van der Waals surface area contributed by atoms with Crippen LogP contribution in [0.15, 0.2) is 40.3 Å². The Morgan fingerprint density at radius 1 is 1.29 bits per heavy atom. The number of furan rings is 1. The van der Waals surface area contributed by atoms with Gasteiger partial charge in [-0.25, -0.2) is 9.78 Å². The van der Waals surface area contributed by atoms with Crippen LogP contribution in [0.1, 0.15) is 21.5 Å². The minimum Gasteiger partial charge on any atom is -0.478 e. The number of hydrogen-bond acceptors (Lipinski definition) is 4. The minimum atomic E-state index is -1.00. The van der Waals surface area contributed by atoms with Crippen molar-refractivity contribution in [2.45, 2.75) is 13.8 Å². The first-order valence-electron chi connectivity index (χ1n) is 6.40. The molecular weight excluding hydrogens is 286 g/mol. The van der Waals surface area contributed by atoms with Crippen molar-refractivity contribution in [2.24, 2.45) is 0 Å². The molecule has 0 unspecified atom stereocenters. The van der Waals surface area contributed by atoms with Crippen molar-refractivity contribution in [1.29, 1.82) is 0 Å². The van der Waals surface area contributed by atoms with Gasteiger partial charge in [-0.15, -0.1) is 11.3 Å². The van der Waals surface area contributed by atoms with Crippen LogP contribution in [-0.2, 0) is 0 Å². The molecule has 4 nitrogen and oxygen atoms in total. The monoisotopic (exact) mass is 299 g/mol. The Morgan fingerprint density at radius 3 is 2.76 bits per heavy atom. The van der Waals surface area contributed by atoms with E-state index < -0.39 is 5.97 Å². The van der Waals surface area contributed by atoms with Gasteiger partial charge in [0.15, 0.2) is 5.76 Å². The third-order valence-electron chi connectivity index (χ3n) is 3.22. The van der Waals surface area contributed by atoms with Crippen LogP contribution in [0.25, 0.3) is 22.0 Å². The zero-order valence-corrected chi connectivity index (χ0v) is 12.4. The highest BCUT2D eigenvalue weighted by molar-refractivity contribution is 7.13. The first kappa shape index (κ1) is 13.6. The lowest BCUT2D eigenvalue weighted by Gasteiger charge is -2.02. The van der Waals surface area contributed by atoms with Gasteiger partial charge in [0.1, 0.15) is 17.0 Å². The Labute approximate surface area is 125 Å². The Bertz CT molecular complexity index is 817. The number of carboxylic acid groups (broad SMARTS) is 1. The summed E-state index contributed by atoms with van der Waals surface area (Å²) >= 11 is 1.52. The molecule has 0 atom stereocenters. The van der Waals surface area contributed by atoms with Crippen LogP contribution in [0.5, 0.6) is 0 Å². The van der Waals surface area contributed by atoms with Crippen LogP contribution in [-0.4, -0.2) is 16.1 Å². The van der Waals surface area contributed by atoms with Crippen LogP contribution in [0.2, 0.25) is 0 Å². The summed E-state index contributed by atoms with van der Waals surface area (Å²) in [5.41, 5.74) is 4.25. The molecule has 0 aliphatic heterocycles. The molecule has 3 aromatic rings. The van der Waals surface area contributed by atoms with Gasteiger partial charge in [0, 0.05) is 17.0 Å². The fourth-order valence-corrected chi connectivity index (χ4v) is 3.05. The molecule has 21 heavy (non-hydrogen) atoms. The lowest BCUT2D eigenvalue weighted by molar-refractivity contribution is 0.0696. The van der Waals surface area contributed by atoms with Crippen LogP contribution in [0.4, 0.5) is 0 Å². The van der Waals surface area contributed by atoms with E-state index in [4.69, 9.17) is 9.52 Å². The van der Waals surface area contributed by atoms with Crippen molar-refractivity contribution in [3.05, 3.63) is 52.6 Å². The van der Waals surface area contributed by atoms with Crippen molar-refractivity contribution in [3.8, 4) is 22.0 Å². The van der Waals surface area contributed by atoms with Crippen molar-refractivity contribution < 1.29 is 14.3 Å². The molecule has 1 N–H and O–H groups in total. The van der Waals surface area contributed by atoms with Crippen LogP contribution >= 0.6 is 11.3 Å². The van der Waals surface area contributed by atoms with E-state index in [9.17, 15) is 4.79 Å². The molecule has 1 aromatic carbocycles. The minimum absolute atomic E-state index is 0.131. The molecule has 2 heterocycles. The highest BCUT2D eigenvalue weighted by Crippen LogP contribution is 2.31. The second kappa shape index (κ2) is 5.18. The molecule has 5 heteroatoms. The predicted molar refractivity (Wildman–Crippen MR) is 81.7 cm³/mol. The lowest BCUT2D eigenvalue weighted by Crippen LogP contribution is -1.91. The molecule has 2 aromatic heterocycles. The van der Waals surface area contributed by atoms with Gasteiger partial charge >= 0.3 is 5.97 Å². The number of rotatable bonds is 3. The van der Waals surface area contributed by atoms with E-state index in [1.165, 1.54) is 34.8 Å². The summed E-state index contributed by atoms with van der Waals surface area (Å²) in [4.78, 5) is 15.4. The first-order chi connectivity index (χ1) is 10.0. The molecule has 0 bridgehead atoms. The summed E-state index contributed by atoms with van der Waals surface area (Å²) in [6.07, 6.45) is 1.23. The van der Waals surface area contributed by atoms with Gasteiger partial charge in [0.25, 0.3) is 0 Å². The highest BCUT2D eigenvalue weighted by atomic mass is 32.1. The third-order valence-corrected chi connectivity index (χ3v) is 4.09. The molecule has 3 rings (SSSR count). The van der Waals surface area contributed by atoms with Gasteiger partial charge in [-0.05, 0) is 19.4 Å². The number of aromatic carboxylic acids is 1. The van der Waals surface area contributed by atoms with Gasteiger partial charge in [-0.1, -0.05) is 23.8 Å². The Balaban J connectivity index is 1.97. The number of benzene rings is 1. The van der Waals surface area contributed by atoms with Gasteiger partial charge in [0.2, 0.25) is 0 Å². The van der Waals surface area contributed by atoms with Gasteiger partial charge in [0.05, 0.1) is 5.56 Å². The summed E-state index contributed by atoms with van der Waals surface area (Å²) in [5.74, 6) is -0.533. The fourth-order valence-electron chi connectivity index (χ4n) is 2.15. The summed E-state index contributed by atoms with van der Waals surface area (Å²) in [6, 6.07) is 7.71. The summed E-state index contributed by atoms with van der Waals surface area (Å²) in [5, 5.41) is 11.7. The second-order valence-corrected chi connectivity index (χ2v) is 5.72. The molecule has 0 fully saturated rings. The second-order valence-electron chi connectivity index (χ2n) is 4.86. The molecule has 0 radical (unpaired) electrons. The normalized spacial score (nSPS) is 10.8. The average Bonchev–Trinajstić information content (AvgIpc) is 3.07. The first-order valence-corrected chi connectivity index (χ1v) is 7.28. The maximum atomic E-state index is 10.9. The summed E-state index contributed by atoms with van der Waals surface area (Å²) in [6.45, 7) is 4.11. The van der Waals surface area contributed by atoms with E-state index >= 15 is 0 Å². The van der Waals surface area contributed by atoms with Crippen molar-refractivity contribution in [1.82, 2.24) is 4.98 Å². The molecule has 0 amide bonds. The molecule has 0 spiro atoms. The number of thiazole rings is 1. The number of hydrogen-bond donors (Lipinski definition) is 1. The van der Waals surface area contributed by atoms with Crippen LogP contribution < -0.4 is 0 Å². The standard InChI is InChI=1S/C16H13NO3S/c1-9-3-4-12(10(2)5-9)15-17-13(8-21-15)14-6-11(7-20-14)16(18)19/h3-8H,1-2H3,(H,18,19). The number of carbonyl (C=O) groups is 1.